The van der Waals surface area contributed by atoms with E-state index in [1.807, 2.05) is 37.3 Å². The van der Waals surface area contributed by atoms with E-state index in [-0.39, 0.29) is 0 Å². The number of ether oxygens (including phenoxy) is 3. The molecule has 2 heterocycles. The van der Waals surface area contributed by atoms with E-state index in [4.69, 9.17) is 14.2 Å². The van der Waals surface area contributed by atoms with Gasteiger partial charge in [0.25, 0.3) is 0 Å². The highest BCUT2D eigenvalue weighted by molar-refractivity contribution is 5.67. The molecule has 0 bridgehead atoms. The Morgan fingerprint density at radius 3 is 2.04 bits per heavy atom. The summed E-state index contributed by atoms with van der Waals surface area (Å²) in [5.74, 6) is 2.76. The lowest BCUT2D eigenvalue weighted by Gasteiger charge is -2.15. The van der Waals surface area contributed by atoms with Crippen LogP contribution in [-0.2, 0) is 0 Å². The van der Waals surface area contributed by atoms with Crippen LogP contribution in [0.15, 0.2) is 42.7 Å². The quantitative estimate of drug-likeness (QED) is 0.653. The molecule has 27 heavy (non-hydrogen) atoms. The predicted octanol–water partition coefficient (Wildman–Crippen LogP) is 3.69. The molecule has 0 aliphatic rings. The maximum atomic E-state index is 5.39. The Hall–Kier alpha value is -3.55. The lowest BCUT2D eigenvalue weighted by Crippen LogP contribution is -2.03. The Morgan fingerprint density at radius 2 is 1.44 bits per heavy atom. The smallest absolute Gasteiger partial charge is 0.229 e. The molecule has 3 rings (SSSR count). The number of aryl methyl sites for hydroxylation is 1. The zero-order chi connectivity index (χ0) is 19.2. The van der Waals surface area contributed by atoms with Crippen LogP contribution in [-0.4, -0.2) is 36.3 Å². The second-order valence-electron chi connectivity index (χ2n) is 5.62. The molecule has 1 aromatic carbocycles. The second kappa shape index (κ2) is 8.22. The molecule has 0 atom stereocenters. The predicted molar refractivity (Wildman–Crippen MR) is 104 cm³/mol. The molecule has 0 radical (unpaired) electrons. The minimum absolute atomic E-state index is 0.483. The number of nitrogens with zero attached hydrogens (tertiary/aromatic N) is 3. The molecular formula is C19H21N5O3. The standard InChI is InChI=1S/C19H21N5O3/c1-12-9-17(24-19(21-12)23-13-5-7-20-8-6-13)22-14-10-15(25-2)18(27-4)16(11-14)26-3/h5-11H,1-4H3,(H2,20,21,22,23,24). The summed E-state index contributed by atoms with van der Waals surface area (Å²) in [6, 6.07) is 9.17. The first kappa shape index (κ1) is 18.2. The van der Waals surface area contributed by atoms with Gasteiger partial charge >= 0.3 is 0 Å². The zero-order valence-corrected chi connectivity index (χ0v) is 15.6. The van der Waals surface area contributed by atoms with Crippen molar-refractivity contribution in [3.63, 3.8) is 0 Å². The number of hydrogen-bond acceptors (Lipinski definition) is 8. The van der Waals surface area contributed by atoms with E-state index in [0.717, 1.165) is 17.1 Å². The maximum Gasteiger partial charge on any atom is 0.229 e. The van der Waals surface area contributed by atoms with Crippen molar-refractivity contribution in [1.29, 1.82) is 0 Å². The average molecular weight is 367 g/mol. The van der Waals surface area contributed by atoms with Gasteiger partial charge in [0.05, 0.1) is 21.3 Å². The Morgan fingerprint density at radius 1 is 0.778 bits per heavy atom. The van der Waals surface area contributed by atoms with Crippen LogP contribution in [0.4, 0.5) is 23.1 Å². The molecule has 3 aromatic rings. The highest BCUT2D eigenvalue weighted by Gasteiger charge is 2.14. The second-order valence-corrected chi connectivity index (χ2v) is 5.62. The van der Waals surface area contributed by atoms with Crippen molar-refractivity contribution in [2.24, 2.45) is 0 Å². The summed E-state index contributed by atoms with van der Waals surface area (Å²) < 4.78 is 16.1. The van der Waals surface area contributed by atoms with Gasteiger partial charge in [-0.2, -0.15) is 4.98 Å². The first-order chi connectivity index (χ1) is 13.1. The van der Waals surface area contributed by atoms with E-state index in [1.54, 1.807) is 33.7 Å². The van der Waals surface area contributed by atoms with E-state index in [1.165, 1.54) is 0 Å². The first-order valence-corrected chi connectivity index (χ1v) is 8.22. The van der Waals surface area contributed by atoms with Crippen LogP contribution in [0.3, 0.4) is 0 Å². The van der Waals surface area contributed by atoms with Gasteiger partial charge in [0, 0.05) is 47.7 Å². The van der Waals surface area contributed by atoms with Crippen molar-refractivity contribution in [1.82, 2.24) is 15.0 Å². The topological polar surface area (TPSA) is 90.4 Å². The van der Waals surface area contributed by atoms with Gasteiger partial charge in [-0.25, -0.2) is 4.98 Å². The summed E-state index contributed by atoms with van der Waals surface area (Å²) in [5, 5.41) is 6.42. The summed E-state index contributed by atoms with van der Waals surface area (Å²) in [6.07, 6.45) is 3.40. The summed E-state index contributed by atoms with van der Waals surface area (Å²) >= 11 is 0. The number of anilines is 4. The summed E-state index contributed by atoms with van der Waals surface area (Å²) in [6.45, 7) is 1.90. The third-order valence-corrected chi connectivity index (χ3v) is 3.73. The van der Waals surface area contributed by atoms with Crippen molar-refractivity contribution in [2.45, 2.75) is 6.92 Å². The van der Waals surface area contributed by atoms with Crippen LogP contribution >= 0.6 is 0 Å². The molecular weight excluding hydrogens is 346 g/mol. The molecule has 0 aliphatic carbocycles. The van der Waals surface area contributed by atoms with Crippen LogP contribution in [0.1, 0.15) is 5.69 Å². The summed E-state index contributed by atoms with van der Waals surface area (Å²) in [5.41, 5.74) is 2.42. The van der Waals surface area contributed by atoms with Gasteiger partial charge in [-0.15, -0.1) is 0 Å². The van der Waals surface area contributed by atoms with Crippen LogP contribution in [0, 0.1) is 6.92 Å². The number of methoxy groups -OCH3 is 3. The van der Waals surface area contributed by atoms with E-state index in [2.05, 4.69) is 25.6 Å². The molecule has 0 spiro atoms. The van der Waals surface area contributed by atoms with E-state index < -0.39 is 0 Å². The highest BCUT2D eigenvalue weighted by atomic mass is 16.5. The Bertz CT molecular complexity index is 893. The first-order valence-electron chi connectivity index (χ1n) is 8.22. The third kappa shape index (κ3) is 4.35. The monoisotopic (exact) mass is 367 g/mol. The fourth-order valence-electron chi connectivity index (χ4n) is 2.55. The lowest BCUT2D eigenvalue weighted by atomic mass is 10.2. The zero-order valence-electron chi connectivity index (χ0n) is 15.6. The Kier molecular flexibility index (Phi) is 5.55. The molecule has 8 nitrogen and oxygen atoms in total. The molecule has 8 heteroatoms. The normalized spacial score (nSPS) is 10.2. The summed E-state index contributed by atoms with van der Waals surface area (Å²) in [7, 11) is 4.72. The van der Waals surface area contributed by atoms with E-state index >= 15 is 0 Å². The van der Waals surface area contributed by atoms with Crippen molar-refractivity contribution in [3.05, 3.63) is 48.4 Å². The van der Waals surface area contributed by atoms with Crippen molar-refractivity contribution in [3.8, 4) is 17.2 Å². The Balaban J connectivity index is 1.89. The molecule has 0 aliphatic heterocycles. The molecule has 0 saturated carbocycles. The van der Waals surface area contributed by atoms with Crippen LogP contribution < -0.4 is 24.8 Å². The molecule has 2 aromatic heterocycles. The van der Waals surface area contributed by atoms with Crippen LogP contribution in [0.2, 0.25) is 0 Å². The SMILES string of the molecule is COc1cc(Nc2cc(C)nc(Nc3ccncc3)n2)cc(OC)c1OC. The third-order valence-electron chi connectivity index (χ3n) is 3.73. The largest absolute Gasteiger partial charge is 0.493 e. The minimum atomic E-state index is 0.483. The maximum absolute atomic E-state index is 5.39. The number of nitrogens with one attached hydrogen (secondary N) is 2. The van der Waals surface area contributed by atoms with Crippen LogP contribution in [0.25, 0.3) is 0 Å². The average Bonchev–Trinajstić information content (AvgIpc) is 2.67. The van der Waals surface area contributed by atoms with E-state index in [0.29, 0.717) is 29.0 Å². The fraction of sp³-hybridized carbons (Fsp3) is 0.211. The molecule has 0 saturated heterocycles. The number of aromatic nitrogens is 3. The van der Waals surface area contributed by atoms with Gasteiger partial charge in [-0.3, -0.25) is 4.98 Å². The number of hydrogen-bond donors (Lipinski definition) is 2. The van der Waals surface area contributed by atoms with Crippen molar-refractivity contribution in [2.75, 3.05) is 32.0 Å². The van der Waals surface area contributed by atoms with E-state index in [9.17, 15) is 0 Å². The van der Waals surface area contributed by atoms with Gasteiger partial charge in [-0.1, -0.05) is 0 Å². The number of benzene rings is 1. The highest BCUT2D eigenvalue weighted by Crippen LogP contribution is 2.40. The van der Waals surface area contributed by atoms with Crippen LogP contribution in [0.5, 0.6) is 17.2 Å². The van der Waals surface area contributed by atoms with Crippen molar-refractivity contribution < 1.29 is 14.2 Å². The molecule has 140 valence electrons. The van der Waals surface area contributed by atoms with Gasteiger partial charge in [0.15, 0.2) is 11.5 Å². The number of pyridine rings is 1. The lowest BCUT2D eigenvalue weighted by molar-refractivity contribution is 0.324. The molecule has 0 unspecified atom stereocenters. The van der Waals surface area contributed by atoms with Gasteiger partial charge in [0.2, 0.25) is 11.7 Å². The van der Waals surface area contributed by atoms with Gasteiger partial charge < -0.3 is 24.8 Å². The Labute approximate surface area is 157 Å². The minimum Gasteiger partial charge on any atom is -0.493 e. The molecule has 0 fully saturated rings. The van der Waals surface area contributed by atoms with Gasteiger partial charge in [0.1, 0.15) is 5.82 Å². The molecule has 2 N–H and O–H groups in total. The van der Waals surface area contributed by atoms with Gasteiger partial charge in [-0.05, 0) is 19.1 Å². The molecule has 0 amide bonds. The fourth-order valence-corrected chi connectivity index (χ4v) is 2.55. The summed E-state index contributed by atoms with van der Waals surface area (Å²) in [4.78, 5) is 12.9. The van der Waals surface area contributed by atoms with Crippen molar-refractivity contribution >= 4 is 23.1 Å². The number of rotatable bonds is 7.